The number of barbiturate groups is 1. The molecule has 1 saturated heterocycles. The molecule has 0 unspecified atom stereocenters. The van der Waals surface area contributed by atoms with Crippen LogP contribution in [0.4, 0.5) is 19.2 Å². The number of hydrogen-bond donors (Lipinski definition) is 3. The van der Waals surface area contributed by atoms with E-state index in [0.717, 1.165) is 0 Å². The van der Waals surface area contributed by atoms with Gasteiger partial charge in [0, 0.05) is 0 Å². The predicted molar refractivity (Wildman–Crippen MR) is 243 cm³/mol. The number of amides is 7. The Balaban J connectivity index is 4.50. The first-order chi connectivity index (χ1) is 33.4. The van der Waals surface area contributed by atoms with Crippen molar-refractivity contribution in [2.75, 3.05) is 0 Å². The van der Waals surface area contributed by atoms with Crippen LogP contribution < -0.4 is 16.0 Å². The van der Waals surface area contributed by atoms with Crippen molar-refractivity contribution in [3.8, 4) is 145 Å². The van der Waals surface area contributed by atoms with Crippen molar-refractivity contribution in [3.05, 3.63) is 106 Å². The number of rotatable bonds is 9. The molecule has 318 valence electrons. The number of terminal acetylenes is 6. The van der Waals surface area contributed by atoms with Crippen LogP contribution in [0.5, 0.6) is 0 Å². The molecule has 1 rings (SSSR count). The lowest BCUT2D eigenvalue weighted by molar-refractivity contribution is -0.145. The minimum Gasteiger partial charge on any atom is -0.296 e. The van der Waals surface area contributed by atoms with E-state index in [-0.39, 0.29) is 9.80 Å². The smallest absolute Gasteiger partial charge is 0.296 e. The molecule has 1 aliphatic rings. The summed E-state index contributed by atoms with van der Waals surface area (Å²) in [6, 6.07) is -1.78. The number of carbonyl (C=O) groups is 6. The maximum Gasteiger partial charge on any atom is 0.439 e. The number of nitrogens with zero attached hydrogens (tertiary/aromatic N) is 5. The Hall–Kier alpha value is -13.3. The van der Waals surface area contributed by atoms with Gasteiger partial charge in [-0.1, -0.05) is 32.7 Å². The molecule has 1 heterocycles. The van der Waals surface area contributed by atoms with Gasteiger partial charge >= 0.3 is 24.3 Å². The fourth-order valence-electron chi connectivity index (χ4n) is 3.62. The van der Waals surface area contributed by atoms with Crippen molar-refractivity contribution in [2.24, 2.45) is 21.4 Å². The Morgan fingerprint density at radius 2 is 0.754 bits per heavy atom. The van der Waals surface area contributed by atoms with E-state index in [1.165, 1.54) is 0 Å². The van der Waals surface area contributed by atoms with Crippen LogP contribution in [0, 0.1) is 151 Å². The fraction of sp³-hybridized carbons (Fsp3) is 0.0192. The third kappa shape index (κ3) is 19.3. The lowest BCUT2D eigenvalue weighted by atomic mass is 9.99. The molecule has 3 N–H and O–H groups in total. The fourth-order valence-corrected chi connectivity index (χ4v) is 3.62. The molecule has 69 heavy (non-hydrogen) atoms. The van der Waals surface area contributed by atoms with Gasteiger partial charge in [0.25, 0.3) is 11.8 Å². The van der Waals surface area contributed by atoms with Gasteiger partial charge in [-0.15, -0.1) is 38.5 Å². The van der Waals surface area contributed by atoms with Crippen molar-refractivity contribution >= 4 is 53.3 Å². The quantitative estimate of drug-likeness (QED) is 0.0769. The first-order valence-corrected chi connectivity index (χ1v) is 17.1. The normalized spacial score (nSPS) is 9.65. The maximum absolute atomic E-state index is 14.6. The second-order valence-corrected chi connectivity index (χ2v) is 10.0. The molecule has 0 spiro atoms. The largest absolute Gasteiger partial charge is 0.439 e. The first-order valence-electron chi connectivity index (χ1n) is 17.1. The summed E-state index contributed by atoms with van der Waals surface area (Å²) in [7, 11) is 0. The minimum absolute atomic E-state index is 0.0116. The van der Waals surface area contributed by atoms with Crippen molar-refractivity contribution in [1.29, 1.82) is 0 Å². The summed E-state index contributed by atoms with van der Waals surface area (Å²) in [6.45, 7) is 9.87. The average Bonchev–Trinajstić information content (AvgIpc) is 3.33. The Labute approximate surface area is 393 Å². The Bertz CT molecular complexity index is 3130. The van der Waals surface area contributed by atoms with E-state index < -0.39 is 76.5 Å². The molecule has 0 aromatic rings. The second kappa shape index (κ2) is 31.6. The number of oxime groups is 3. The Morgan fingerprint density at radius 3 is 1.04 bits per heavy atom. The maximum atomic E-state index is 14.6. The van der Waals surface area contributed by atoms with Gasteiger partial charge in [-0.05, 0) is 178 Å². The Kier molecular flexibility index (Phi) is 24.6. The number of urea groups is 1. The van der Waals surface area contributed by atoms with Crippen LogP contribution in [0.2, 0.25) is 0 Å². The van der Waals surface area contributed by atoms with E-state index in [4.69, 9.17) is 53.1 Å². The van der Waals surface area contributed by atoms with E-state index in [2.05, 4.69) is 175 Å². The van der Waals surface area contributed by atoms with E-state index in [9.17, 15) is 28.8 Å². The molecular weight excluding hydrogens is 881 g/mol. The Morgan fingerprint density at radius 1 is 0.464 bits per heavy atom. The molecule has 0 saturated carbocycles. The predicted octanol–water partition coefficient (Wildman–Crippen LogP) is 1.78. The van der Waals surface area contributed by atoms with Crippen LogP contribution in [0.15, 0.2) is 121 Å². The number of hydrogen-bond acceptors (Lipinski definition) is 12. The molecular formula is C52H16N8O9. The van der Waals surface area contributed by atoms with Crippen LogP contribution in [0.3, 0.4) is 0 Å². The zero-order chi connectivity index (χ0) is 51.2. The molecule has 0 aromatic carbocycles. The van der Waals surface area contributed by atoms with Gasteiger partial charge in [0.05, 0.1) is 5.70 Å². The summed E-state index contributed by atoms with van der Waals surface area (Å²) in [5.41, 5.74) is 23.9. The highest BCUT2D eigenvalue weighted by molar-refractivity contribution is 6.20. The molecule has 0 radical (unpaired) electrons. The molecule has 17 nitrogen and oxygen atoms in total. The zero-order valence-electron chi connectivity index (χ0n) is 34.6. The SMILES string of the molecule is C#CC#CC(C#CC#C)=NOC(=O)NC(=C=C=C=C=C)C1C(=O)N(C(=C=C=C=C=C)NC(=O)ON=C(C#CC#C)C#CC#C)C(=O)N(C(=C=C=C=C=C)NC(=O)ON=C(C#CC#C)C#CC#C)C1=O. The molecule has 17 heteroatoms. The van der Waals surface area contributed by atoms with E-state index >= 15 is 0 Å². The van der Waals surface area contributed by atoms with Gasteiger partial charge < -0.3 is 0 Å². The molecule has 0 bridgehead atoms. The summed E-state index contributed by atoms with van der Waals surface area (Å²) in [5.74, 6) is 30.4. The van der Waals surface area contributed by atoms with Crippen molar-refractivity contribution in [1.82, 2.24) is 25.8 Å². The topological polar surface area (TPSA) is 210 Å². The highest BCUT2D eigenvalue weighted by Gasteiger charge is 2.52. The number of imide groups is 2. The van der Waals surface area contributed by atoms with Gasteiger partial charge in [0.15, 0.2) is 17.6 Å². The average molecular weight is 897 g/mol. The van der Waals surface area contributed by atoms with E-state index in [1.54, 1.807) is 0 Å². The number of nitrogens with one attached hydrogen (secondary N) is 3. The lowest BCUT2D eigenvalue weighted by Gasteiger charge is -2.36. The second-order valence-electron chi connectivity index (χ2n) is 10.0. The van der Waals surface area contributed by atoms with Gasteiger partial charge in [-0.2, -0.15) is 0 Å². The molecule has 1 aliphatic heterocycles. The van der Waals surface area contributed by atoms with Crippen LogP contribution in [0.25, 0.3) is 0 Å². The summed E-state index contributed by atoms with van der Waals surface area (Å²) in [6.07, 6.45) is 26.0. The van der Waals surface area contributed by atoms with Gasteiger partial charge in [-0.25, -0.2) is 29.0 Å². The molecule has 7 amide bonds. The van der Waals surface area contributed by atoms with E-state index in [0.29, 0.717) is 0 Å². The van der Waals surface area contributed by atoms with Gasteiger partial charge in [0.2, 0.25) is 17.1 Å². The molecule has 0 aliphatic carbocycles. The molecule has 0 aromatic heterocycles. The summed E-state index contributed by atoms with van der Waals surface area (Å²) < 4.78 is 0. The monoisotopic (exact) mass is 896 g/mol. The highest BCUT2D eigenvalue weighted by atomic mass is 16.7. The third-order valence-corrected chi connectivity index (χ3v) is 5.92. The van der Waals surface area contributed by atoms with Crippen LogP contribution >= 0.6 is 0 Å². The van der Waals surface area contributed by atoms with Crippen molar-refractivity contribution in [3.63, 3.8) is 0 Å². The summed E-state index contributed by atoms with van der Waals surface area (Å²) in [5, 5.41) is 16.2. The molecule has 0 atom stereocenters. The number of carbonyl (C=O) groups excluding carboxylic acids is 6. The lowest BCUT2D eigenvalue weighted by Crippen LogP contribution is -2.62. The van der Waals surface area contributed by atoms with Crippen LogP contribution in [-0.4, -0.2) is 63.1 Å². The standard InChI is InChI=1S/C52H16N8O9/c1-10-19-28-37-43(53-49(63)67-56-40(31-22-13-4)32-23-14-5)46-47(61)59(44(38-29-20-11-2)54-50(64)68-57-41(33-24-15-6)34-25-16-7)52(66)60(48(46)62)45(39-30-21-12-3)55-51(65)69-58-42(35-26-17-8)36-27-18-9/h4-9,46H,1-3H2,(H,53,63)(H,54,64)(H,55,65). The summed E-state index contributed by atoms with van der Waals surface area (Å²) in [4.78, 5) is 97.7. The first kappa shape index (κ1) is 53.7. The van der Waals surface area contributed by atoms with Crippen molar-refractivity contribution < 1.29 is 43.3 Å². The zero-order valence-corrected chi connectivity index (χ0v) is 34.6. The van der Waals surface area contributed by atoms with Crippen LogP contribution in [0.1, 0.15) is 0 Å². The third-order valence-electron chi connectivity index (χ3n) is 5.92. The minimum atomic E-state index is -2.53. The van der Waals surface area contributed by atoms with E-state index in [1.807, 2.05) is 51.5 Å². The van der Waals surface area contributed by atoms with Gasteiger partial charge in [-0.3, -0.25) is 40.1 Å². The van der Waals surface area contributed by atoms with Crippen LogP contribution in [-0.2, 0) is 24.1 Å². The molecule has 1 fully saturated rings. The summed E-state index contributed by atoms with van der Waals surface area (Å²) >= 11 is 0. The van der Waals surface area contributed by atoms with Gasteiger partial charge in [0.1, 0.15) is 0 Å². The highest BCUT2D eigenvalue weighted by Crippen LogP contribution is 2.27. The van der Waals surface area contributed by atoms with Crippen molar-refractivity contribution in [2.45, 2.75) is 0 Å².